The van der Waals surface area contributed by atoms with Gasteiger partial charge in [0.05, 0.1) is 4.90 Å². The Bertz CT molecular complexity index is 1220. The van der Waals surface area contributed by atoms with Gasteiger partial charge in [-0.2, -0.15) is 0 Å². The Morgan fingerprint density at radius 3 is 2.29 bits per heavy atom. The van der Waals surface area contributed by atoms with Crippen molar-refractivity contribution in [3.8, 4) is 0 Å². The molecule has 0 aromatic heterocycles. The lowest BCUT2D eigenvalue weighted by Crippen LogP contribution is -2.32. The van der Waals surface area contributed by atoms with E-state index < -0.39 is 33.0 Å². The average Bonchev–Trinajstić information content (AvgIpc) is 2.92. The Morgan fingerprint density at radius 1 is 0.929 bits per heavy atom. The Morgan fingerprint density at radius 2 is 1.57 bits per heavy atom. The van der Waals surface area contributed by atoms with Crippen molar-refractivity contribution < 1.29 is 23.1 Å². The monoisotopic (exact) mass is 395 g/mol. The summed E-state index contributed by atoms with van der Waals surface area (Å²) >= 11 is 0. The van der Waals surface area contributed by atoms with Crippen LogP contribution >= 0.6 is 0 Å². The highest BCUT2D eigenvalue weighted by Gasteiger charge is 2.48. The second-order valence-corrected chi connectivity index (χ2v) is 8.31. The zero-order chi connectivity index (χ0) is 19.9. The van der Waals surface area contributed by atoms with Crippen LogP contribution in [0.3, 0.4) is 0 Å². The Hall–Kier alpha value is -3.32. The predicted octanol–water partition coefficient (Wildman–Crippen LogP) is 3.36. The van der Waals surface area contributed by atoms with Crippen LogP contribution in [0.25, 0.3) is 10.8 Å². The molecule has 28 heavy (non-hydrogen) atoms. The van der Waals surface area contributed by atoms with Gasteiger partial charge >= 0.3 is 0 Å². The largest absolute Gasteiger partial charge is 0.501 e. The van der Waals surface area contributed by atoms with Crippen LogP contribution < -0.4 is 4.72 Å². The van der Waals surface area contributed by atoms with E-state index in [1.54, 1.807) is 30.3 Å². The molecule has 0 amide bonds. The number of aliphatic hydroxyl groups is 1. The van der Waals surface area contributed by atoms with Crippen LogP contribution in [0.15, 0.2) is 89.3 Å². The lowest BCUT2D eigenvalue weighted by Gasteiger charge is -2.24. The Balaban J connectivity index is 1.68. The predicted molar refractivity (Wildman–Crippen MR) is 104 cm³/mol. The van der Waals surface area contributed by atoms with Crippen LogP contribution in [-0.4, -0.2) is 19.3 Å². The van der Waals surface area contributed by atoms with Crippen LogP contribution in [-0.2, 0) is 25.2 Å². The van der Waals surface area contributed by atoms with E-state index in [0.717, 1.165) is 10.8 Å². The molecule has 7 heteroatoms. The lowest BCUT2D eigenvalue weighted by atomic mass is 9.90. The lowest BCUT2D eigenvalue weighted by molar-refractivity contribution is -0.131. The van der Waals surface area contributed by atoms with Crippen LogP contribution in [0, 0.1) is 0 Å². The molecule has 0 spiro atoms. The van der Waals surface area contributed by atoms with Gasteiger partial charge in [0.1, 0.15) is 0 Å². The summed E-state index contributed by atoms with van der Waals surface area (Å²) in [5.41, 5.74) is -1.03. The smallest absolute Gasteiger partial charge is 0.264 e. The van der Waals surface area contributed by atoms with Gasteiger partial charge in [-0.3, -0.25) is 4.79 Å². The van der Waals surface area contributed by atoms with E-state index >= 15 is 0 Å². The van der Waals surface area contributed by atoms with Gasteiger partial charge in [0, 0.05) is 5.56 Å². The highest BCUT2D eigenvalue weighted by molar-refractivity contribution is 7.89. The number of hydrogen-bond donors (Lipinski definition) is 2. The zero-order valence-corrected chi connectivity index (χ0v) is 15.7. The molecule has 0 saturated heterocycles. The number of rotatable bonds is 4. The second kappa shape index (κ2) is 6.38. The molecule has 1 unspecified atom stereocenters. The van der Waals surface area contributed by atoms with Gasteiger partial charge in [-0.15, -0.1) is 0 Å². The third kappa shape index (κ3) is 2.90. The van der Waals surface area contributed by atoms with Crippen molar-refractivity contribution in [3.63, 3.8) is 0 Å². The number of ether oxygens (including phenoxy) is 1. The normalized spacial score (nSPS) is 19.7. The van der Waals surface area contributed by atoms with Crippen molar-refractivity contribution in [2.45, 2.75) is 17.4 Å². The average molecular weight is 395 g/mol. The standard InChI is InChI=1S/C21H17NO5S/c1-21(16-12-11-14-7-5-6-8-15(14)13-16)19(24)18(23)20(27-21)22-28(25,26)17-9-3-2-4-10-17/h2-13,22-23H,1H3. The second-order valence-electron chi connectivity index (χ2n) is 6.62. The molecular weight excluding hydrogens is 378 g/mol. The molecule has 6 nitrogen and oxygen atoms in total. The summed E-state index contributed by atoms with van der Waals surface area (Å²) < 4.78 is 32.9. The molecule has 0 aliphatic carbocycles. The van der Waals surface area contributed by atoms with Crippen molar-refractivity contribution in [1.82, 2.24) is 4.72 Å². The molecule has 1 aliphatic rings. The number of fused-ring (bicyclic) bond motifs is 1. The fraction of sp³-hybridized carbons (Fsp3) is 0.0952. The molecule has 4 rings (SSSR count). The van der Waals surface area contributed by atoms with Gasteiger partial charge < -0.3 is 9.84 Å². The summed E-state index contributed by atoms with van der Waals surface area (Å²) in [6, 6.07) is 20.6. The number of nitrogens with one attached hydrogen (secondary N) is 1. The first-order valence-corrected chi connectivity index (χ1v) is 10.0. The number of ketones is 1. The van der Waals surface area contributed by atoms with Gasteiger partial charge in [-0.25, -0.2) is 13.1 Å². The van der Waals surface area contributed by atoms with Gasteiger partial charge in [0.2, 0.25) is 11.6 Å². The first-order chi connectivity index (χ1) is 13.3. The number of hydrogen-bond acceptors (Lipinski definition) is 5. The van der Waals surface area contributed by atoms with Crippen LogP contribution in [0.4, 0.5) is 0 Å². The molecular formula is C21H17NO5S. The molecule has 142 valence electrons. The number of Topliss-reactive ketones (excluding diaryl/α,β-unsaturated/α-hetero) is 1. The van der Waals surface area contributed by atoms with E-state index in [0.29, 0.717) is 5.56 Å². The quantitative estimate of drug-likeness (QED) is 0.707. The number of sulfonamides is 1. The van der Waals surface area contributed by atoms with Crippen molar-refractivity contribution in [3.05, 3.63) is 90.0 Å². The number of carbonyl (C=O) groups is 1. The van der Waals surface area contributed by atoms with E-state index in [9.17, 15) is 18.3 Å². The van der Waals surface area contributed by atoms with E-state index in [2.05, 4.69) is 4.72 Å². The molecule has 2 N–H and O–H groups in total. The van der Waals surface area contributed by atoms with Crippen molar-refractivity contribution >= 4 is 26.6 Å². The van der Waals surface area contributed by atoms with Crippen LogP contribution in [0.5, 0.6) is 0 Å². The Kier molecular flexibility index (Phi) is 4.12. The first-order valence-electron chi connectivity index (χ1n) is 8.55. The van der Waals surface area contributed by atoms with E-state index in [1.165, 1.54) is 19.1 Å². The molecule has 3 aromatic rings. The third-order valence-electron chi connectivity index (χ3n) is 4.75. The number of carbonyl (C=O) groups excluding carboxylic acids is 1. The van der Waals surface area contributed by atoms with Crippen molar-refractivity contribution in [2.24, 2.45) is 0 Å². The fourth-order valence-corrected chi connectivity index (χ4v) is 4.17. The number of aliphatic hydroxyl groups excluding tert-OH is 1. The van der Waals surface area contributed by atoms with Gasteiger partial charge in [-0.05, 0) is 35.9 Å². The fourth-order valence-electron chi connectivity index (χ4n) is 3.15. The summed E-state index contributed by atoms with van der Waals surface area (Å²) in [5.74, 6) is -1.95. The SMILES string of the molecule is CC1(c2ccc3ccccc3c2)OC(NS(=O)(=O)c2ccccc2)=C(O)C1=O. The van der Waals surface area contributed by atoms with Gasteiger partial charge in [-0.1, -0.05) is 54.6 Å². The summed E-state index contributed by atoms with van der Waals surface area (Å²) in [4.78, 5) is 12.7. The molecule has 1 aliphatic heterocycles. The van der Waals surface area contributed by atoms with Crippen molar-refractivity contribution in [2.75, 3.05) is 0 Å². The summed E-state index contributed by atoms with van der Waals surface area (Å²) in [7, 11) is -4.01. The summed E-state index contributed by atoms with van der Waals surface area (Å²) in [6.45, 7) is 1.50. The van der Waals surface area contributed by atoms with E-state index in [4.69, 9.17) is 4.74 Å². The topological polar surface area (TPSA) is 92.7 Å². The summed E-state index contributed by atoms with van der Waals surface area (Å²) in [6.07, 6.45) is 0. The molecule has 1 heterocycles. The minimum Gasteiger partial charge on any atom is -0.501 e. The van der Waals surface area contributed by atoms with Gasteiger partial charge in [0.25, 0.3) is 15.8 Å². The van der Waals surface area contributed by atoms with Crippen LogP contribution in [0.1, 0.15) is 12.5 Å². The maximum atomic E-state index is 12.7. The molecule has 0 radical (unpaired) electrons. The molecule has 1 atom stereocenters. The minimum atomic E-state index is -4.01. The third-order valence-corrected chi connectivity index (χ3v) is 6.10. The zero-order valence-electron chi connectivity index (χ0n) is 14.9. The first kappa shape index (κ1) is 18.1. The molecule has 0 fully saturated rings. The highest BCUT2D eigenvalue weighted by atomic mass is 32.2. The van der Waals surface area contributed by atoms with Crippen molar-refractivity contribution in [1.29, 1.82) is 0 Å². The maximum absolute atomic E-state index is 12.7. The highest BCUT2D eigenvalue weighted by Crippen LogP contribution is 2.38. The van der Waals surface area contributed by atoms with E-state index in [1.807, 2.05) is 30.3 Å². The maximum Gasteiger partial charge on any atom is 0.264 e. The van der Waals surface area contributed by atoms with Gasteiger partial charge in [0.15, 0.2) is 5.60 Å². The van der Waals surface area contributed by atoms with E-state index in [-0.39, 0.29) is 4.90 Å². The summed E-state index contributed by atoms with van der Waals surface area (Å²) in [5, 5.41) is 12.1. The molecule has 0 saturated carbocycles. The molecule has 3 aromatic carbocycles. The molecule has 0 bridgehead atoms. The Labute approximate surface area is 162 Å². The number of benzene rings is 3. The minimum absolute atomic E-state index is 0.00865. The van der Waals surface area contributed by atoms with Crippen LogP contribution in [0.2, 0.25) is 0 Å².